The van der Waals surface area contributed by atoms with E-state index in [0.29, 0.717) is 21.2 Å². The quantitative estimate of drug-likeness (QED) is 0.780. The number of ketones is 1. The number of halogens is 2. The van der Waals surface area contributed by atoms with Gasteiger partial charge in [-0.25, -0.2) is 0 Å². The lowest BCUT2D eigenvalue weighted by Gasteiger charge is -2.11. The van der Waals surface area contributed by atoms with E-state index in [1.807, 2.05) is 6.07 Å². The van der Waals surface area contributed by atoms with Crippen LogP contribution in [0.25, 0.3) is 0 Å². The van der Waals surface area contributed by atoms with Crippen molar-refractivity contribution in [2.45, 2.75) is 5.92 Å². The Morgan fingerprint density at radius 3 is 2.44 bits per heavy atom. The zero-order valence-corrected chi connectivity index (χ0v) is 11.4. The number of carbonyl (C=O) groups is 1. The van der Waals surface area contributed by atoms with Crippen molar-refractivity contribution in [2.24, 2.45) is 0 Å². The van der Waals surface area contributed by atoms with Crippen LogP contribution >= 0.6 is 34.5 Å². The molecule has 5 heteroatoms. The van der Waals surface area contributed by atoms with Crippen LogP contribution in [0.1, 0.15) is 21.8 Å². The van der Waals surface area contributed by atoms with Crippen molar-refractivity contribution in [3.63, 3.8) is 0 Å². The minimum atomic E-state index is -0.971. The van der Waals surface area contributed by atoms with Gasteiger partial charge in [0.15, 0.2) is 5.78 Å². The summed E-state index contributed by atoms with van der Waals surface area (Å²) in [7, 11) is 0. The van der Waals surface area contributed by atoms with Gasteiger partial charge in [0.25, 0.3) is 0 Å². The van der Waals surface area contributed by atoms with Gasteiger partial charge in [-0.05, 0) is 23.6 Å². The van der Waals surface area contributed by atoms with Gasteiger partial charge in [-0.15, -0.1) is 0 Å². The number of carbonyl (C=O) groups excluding carboxylic acids is 1. The van der Waals surface area contributed by atoms with E-state index < -0.39 is 5.92 Å². The number of nitriles is 1. The number of rotatable bonds is 3. The molecule has 2 nitrogen and oxygen atoms in total. The second-order valence-corrected chi connectivity index (χ2v) is 5.17. The molecule has 1 atom stereocenters. The molecule has 0 radical (unpaired) electrons. The van der Waals surface area contributed by atoms with Crippen LogP contribution in [0.5, 0.6) is 0 Å². The molecule has 90 valence electrons. The Balaban J connectivity index is 2.47. The van der Waals surface area contributed by atoms with Crippen molar-refractivity contribution < 1.29 is 4.79 Å². The number of hydrogen-bond acceptors (Lipinski definition) is 3. The largest absolute Gasteiger partial charge is 0.292 e. The zero-order chi connectivity index (χ0) is 13.1. The first-order chi connectivity index (χ1) is 8.65. The SMILES string of the molecule is N#CC(C(=O)c1ccsc1)c1c(Cl)cccc1Cl. The first-order valence-electron chi connectivity index (χ1n) is 5.05. The van der Waals surface area contributed by atoms with E-state index in [9.17, 15) is 10.1 Å². The maximum atomic E-state index is 12.2. The van der Waals surface area contributed by atoms with Crippen molar-refractivity contribution in [3.8, 4) is 6.07 Å². The molecular formula is C13H7Cl2NOS. The molecule has 0 aliphatic rings. The Morgan fingerprint density at radius 2 is 1.94 bits per heavy atom. The molecule has 0 saturated carbocycles. The molecular weight excluding hydrogens is 289 g/mol. The Bertz CT molecular complexity index is 596. The van der Waals surface area contributed by atoms with Crippen LogP contribution in [0.4, 0.5) is 0 Å². The molecule has 0 aliphatic heterocycles. The van der Waals surface area contributed by atoms with Crippen molar-refractivity contribution >= 4 is 40.3 Å². The molecule has 2 aromatic rings. The Hall–Kier alpha value is -1.34. The predicted molar refractivity (Wildman–Crippen MR) is 73.5 cm³/mol. The third kappa shape index (κ3) is 2.41. The van der Waals surface area contributed by atoms with Gasteiger partial charge in [-0.3, -0.25) is 4.79 Å². The molecule has 1 aromatic carbocycles. The third-order valence-electron chi connectivity index (χ3n) is 2.49. The highest BCUT2D eigenvalue weighted by Gasteiger charge is 2.26. The molecule has 0 aliphatic carbocycles. The van der Waals surface area contributed by atoms with Gasteiger partial charge in [-0.2, -0.15) is 16.6 Å². The van der Waals surface area contributed by atoms with E-state index in [1.54, 1.807) is 35.0 Å². The first-order valence-corrected chi connectivity index (χ1v) is 6.75. The number of hydrogen-bond donors (Lipinski definition) is 0. The smallest absolute Gasteiger partial charge is 0.185 e. The van der Waals surface area contributed by atoms with E-state index in [4.69, 9.17) is 23.2 Å². The molecule has 0 saturated heterocycles. The lowest BCUT2D eigenvalue weighted by atomic mass is 9.93. The van der Waals surface area contributed by atoms with E-state index in [-0.39, 0.29) is 5.78 Å². The monoisotopic (exact) mass is 295 g/mol. The fourth-order valence-electron chi connectivity index (χ4n) is 1.61. The maximum Gasteiger partial charge on any atom is 0.185 e. The molecule has 2 rings (SSSR count). The number of thiophene rings is 1. The highest BCUT2D eigenvalue weighted by Crippen LogP contribution is 2.33. The van der Waals surface area contributed by atoms with Crippen LogP contribution in [-0.2, 0) is 0 Å². The average Bonchev–Trinajstić information content (AvgIpc) is 2.87. The summed E-state index contributed by atoms with van der Waals surface area (Å²) in [6, 6.07) is 8.57. The topological polar surface area (TPSA) is 40.9 Å². The fourth-order valence-corrected chi connectivity index (χ4v) is 2.87. The van der Waals surface area contributed by atoms with Gasteiger partial charge in [0.1, 0.15) is 5.92 Å². The van der Waals surface area contributed by atoms with Gasteiger partial charge < -0.3 is 0 Å². The second kappa shape index (κ2) is 5.53. The van der Waals surface area contributed by atoms with Crippen molar-refractivity contribution in [1.82, 2.24) is 0 Å². The summed E-state index contributed by atoms with van der Waals surface area (Å²) in [5.41, 5.74) is 0.877. The molecule has 0 N–H and O–H groups in total. The summed E-state index contributed by atoms with van der Waals surface area (Å²) >= 11 is 13.4. The maximum absolute atomic E-state index is 12.2. The standard InChI is InChI=1S/C13H7Cl2NOS/c14-10-2-1-3-11(15)12(10)9(6-16)13(17)8-4-5-18-7-8/h1-5,7,9H. The lowest BCUT2D eigenvalue weighted by Crippen LogP contribution is -2.11. The van der Waals surface area contributed by atoms with Gasteiger partial charge >= 0.3 is 0 Å². The molecule has 0 spiro atoms. The fraction of sp³-hybridized carbons (Fsp3) is 0.0769. The van der Waals surface area contributed by atoms with E-state index in [1.165, 1.54) is 11.3 Å². The van der Waals surface area contributed by atoms with Crippen LogP contribution in [0, 0.1) is 11.3 Å². The van der Waals surface area contributed by atoms with Gasteiger partial charge in [0.05, 0.1) is 6.07 Å². The molecule has 1 aromatic heterocycles. The Labute approximate surface area is 118 Å². The average molecular weight is 296 g/mol. The molecule has 1 unspecified atom stereocenters. The van der Waals surface area contributed by atoms with Crippen molar-refractivity contribution in [1.29, 1.82) is 5.26 Å². The van der Waals surface area contributed by atoms with E-state index in [0.717, 1.165) is 0 Å². The first kappa shape index (κ1) is 13.1. The summed E-state index contributed by atoms with van der Waals surface area (Å²) < 4.78 is 0. The van der Waals surface area contributed by atoms with E-state index in [2.05, 4.69) is 0 Å². The Kier molecular flexibility index (Phi) is 4.03. The molecule has 0 bridgehead atoms. The summed E-state index contributed by atoms with van der Waals surface area (Å²) in [5.74, 6) is -1.26. The second-order valence-electron chi connectivity index (χ2n) is 3.57. The minimum Gasteiger partial charge on any atom is -0.292 e. The highest BCUT2D eigenvalue weighted by atomic mass is 35.5. The van der Waals surface area contributed by atoms with Gasteiger partial charge in [0, 0.05) is 26.6 Å². The van der Waals surface area contributed by atoms with Crippen LogP contribution in [0.2, 0.25) is 10.0 Å². The molecule has 0 amide bonds. The molecule has 0 fully saturated rings. The lowest BCUT2D eigenvalue weighted by molar-refractivity contribution is 0.0979. The normalized spacial score (nSPS) is 11.8. The molecule has 1 heterocycles. The Morgan fingerprint density at radius 1 is 1.28 bits per heavy atom. The summed E-state index contributed by atoms with van der Waals surface area (Å²) in [4.78, 5) is 12.2. The predicted octanol–water partition coefficient (Wildman–Crippen LogP) is 4.54. The number of Topliss-reactive ketones (excluding diaryl/α,β-unsaturated/α-hetero) is 1. The summed E-state index contributed by atoms with van der Waals surface area (Å²) in [6.45, 7) is 0. The third-order valence-corrected chi connectivity index (χ3v) is 3.83. The summed E-state index contributed by atoms with van der Waals surface area (Å²) in [6.07, 6.45) is 0. The highest BCUT2D eigenvalue weighted by molar-refractivity contribution is 7.08. The zero-order valence-electron chi connectivity index (χ0n) is 9.06. The van der Waals surface area contributed by atoms with Gasteiger partial charge in [0.2, 0.25) is 0 Å². The number of nitrogens with zero attached hydrogens (tertiary/aromatic N) is 1. The van der Waals surface area contributed by atoms with Crippen LogP contribution in [0.3, 0.4) is 0 Å². The van der Waals surface area contributed by atoms with Crippen molar-refractivity contribution in [3.05, 3.63) is 56.2 Å². The number of benzene rings is 1. The van der Waals surface area contributed by atoms with Crippen LogP contribution < -0.4 is 0 Å². The van der Waals surface area contributed by atoms with Crippen LogP contribution in [-0.4, -0.2) is 5.78 Å². The van der Waals surface area contributed by atoms with Gasteiger partial charge in [-0.1, -0.05) is 29.3 Å². The van der Waals surface area contributed by atoms with E-state index >= 15 is 0 Å². The molecule has 18 heavy (non-hydrogen) atoms. The summed E-state index contributed by atoms with van der Waals surface area (Å²) in [5, 5.41) is 13.4. The van der Waals surface area contributed by atoms with Crippen LogP contribution in [0.15, 0.2) is 35.0 Å². The minimum absolute atomic E-state index is 0.284. The van der Waals surface area contributed by atoms with Crippen molar-refractivity contribution in [2.75, 3.05) is 0 Å².